The maximum Gasteiger partial charge on any atom is 0.243 e. The Hall–Kier alpha value is -4.94. The number of imidazole rings is 1. The number of carbonyl (C=O) groups is 1. The van der Waals surface area contributed by atoms with Gasteiger partial charge in [-0.3, -0.25) is 14.7 Å². The lowest BCUT2D eigenvalue weighted by atomic mass is 10.1. The van der Waals surface area contributed by atoms with E-state index in [0.29, 0.717) is 28.6 Å². The lowest BCUT2D eigenvalue weighted by molar-refractivity contribution is -0.116. The van der Waals surface area contributed by atoms with Crippen LogP contribution < -0.4 is 14.8 Å². The molecule has 0 atom stereocenters. The summed E-state index contributed by atoms with van der Waals surface area (Å²) in [6.45, 7) is -0.721. The zero-order valence-electron chi connectivity index (χ0n) is 22.7. The standard InChI is InChI=1S/C30H27FN4O6S/c1-39-24-11-5-21(6-12-24)28-19-35(23-9-7-22(31)8-10-23)30(32-28)33-29(36)20-34(18-26-4-3-17-41-26)42(37,38)27-15-13-25(40-2)14-16-27/h3-17,19H,18,20H2,1-2H3,(H,32,33,36). The molecule has 0 aliphatic rings. The maximum atomic E-state index is 13.7. The van der Waals surface area contributed by atoms with Gasteiger partial charge in [-0.05, 0) is 84.9 Å². The van der Waals surface area contributed by atoms with Gasteiger partial charge in [0, 0.05) is 17.4 Å². The van der Waals surface area contributed by atoms with E-state index in [2.05, 4.69) is 10.3 Å². The lowest BCUT2D eigenvalue weighted by Crippen LogP contribution is -2.37. The Morgan fingerprint density at radius 1 is 0.952 bits per heavy atom. The van der Waals surface area contributed by atoms with Gasteiger partial charge in [0.1, 0.15) is 23.1 Å². The first-order chi connectivity index (χ1) is 20.3. The molecule has 5 rings (SSSR count). The fraction of sp³-hybridized carbons (Fsp3) is 0.133. The number of sulfonamides is 1. The Morgan fingerprint density at radius 2 is 1.60 bits per heavy atom. The van der Waals surface area contributed by atoms with E-state index in [1.54, 1.807) is 54.3 Å². The molecule has 0 unspecified atom stereocenters. The number of carbonyl (C=O) groups excluding carboxylic acids is 1. The van der Waals surface area contributed by atoms with Gasteiger partial charge >= 0.3 is 0 Å². The minimum atomic E-state index is -4.12. The van der Waals surface area contributed by atoms with Crippen LogP contribution in [0.5, 0.6) is 11.5 Å². The Balaban J connectivity index is 1.46. The van der Waals surface area contributed by atoms with Crippen LogP contribution in [0.4, 0.5) is 10.3 Å². The van der Waals surface area contributed by atoms with Crippen molar-refractivity contribution in [3.8, 4) is 28.4 Å². The van der Waals surface area contributed by atoms with Crippen LogP contribution >= 0.6 is 0 Å². The van der Waals surface area contributed by atoms with Crippen LogP contribution in [0.3, 0.4) is 0 Å². The fourth-order valence-electron chi connectivity index (χ4n) is 4.19. The van der Waals surface area contributed by atoms with E-state index in [4.69, 9.17) is 13.9 Å². The van der Waals surface area contributed by atoms with Crippen molar-refractivity contribution in [1.82, 2.24) is 13.9 Å². The van der Waals surface area contributed by atoms with Crippen LogP contribution in [-0.2, 0) is 21.4 Å². The summed E-state index contributed by atoms with van der Waals surface area (Å²) < 4.78 is 59.2. The Morgan fingerprint density at radius 3 is 2.19 bits per heavy atom. The van der Waals surface area contributed by atoms with Crippen LogP contribution in [0, 0.1) is 5.82 Å². The number of hydrogen-bond acceptors (Lipinski definition) is 7. The zero-order valence-corrected chi connectivity index (χ0v) is 23.5. The number of nitrogens with one attached hydrogen (secondary N) is 1. The summed E-state index contributed by atoms with van der Waals surface area (Å²) in [7, 11) is -1.08. The largest absolute Gasteiger partial charge is 0.497 e. The van der Waals surface area contributed by atoms with Crippen LogP contribution in [0.15, 0.2) is 107 Å². The van der Waals surface area contributed by atoms with Crippen molar-refractivity contribution in [2.75, 3.05) is 26.1 Å². The number of methoxy groups -OCH3 is 2. The molecular formula is C30H27FN4O6S. The van der Waals surface area contributed by atoms with Crippen molar-refractivity contribution in [3.05, 3.63) is 109 Å². The summed E-state index contributed by atoms with van der Waals surface area (Å²) in [6, 6.07) is 22.0. The molecule has 42 heavy (non-hydrogen) atoms. The van der Waals surface area contributed by atoms with E-state index in [1.807, 2.05) is 12.1 Å². The van der Waals surface area contributed by atoms with Gasteiger partial charge in [-0.25, -0.2) is 17.8 Å². The minimum Gasteiger partial charge on any atom is -0.497 e. The first-order valence-electron chi connectivity index (χ1n) is 12.7. The molecule has 0 spiro atoms. The highest BCUT2D eigenvalue weighted by molar-refractivity contribution is 7.89. The van der Waals surface area contributed by atoms with Gasteiger partial charge in [0.05, 0.1) is 44.2 Å². The molecule has 0 saturated heterocycles. The molecule has 0 radical (unpaired) electrons. The number of ether oxygens (including phenoxy) is 2. The highest BCUT2D eigenvalue weighted by Gasteiger charge is 2.28. The Bertz CT molecular complexity index is 1750. The van der Waals surface area contributed by atoms with Crippen molar-refractivity contribution in [1.29, 1.82) is 0 Å². The first kappa shape index (κ1) is 28.6. The first-order valence-corrected chi connectivity index (χ1v) is 14.2. The molecule has 2 aromatic heterocycles. The molecule has 5 aromatic rings. The number of anilines is 1. The molecule has 1 N–H and O–H groups in total. The molecule has 2 heterocycles. The van der Waals surface area contributed by atoms with Crippen LogP contribution in [0.2, 0.25) is 0 Å². The van der Waals surface area contributed by atoms with Gasteiger partial charge in [-0.15, -0.1) is 0 Å². The third-order valence-electron chi connectivity index (χ3n) is 6.38. The highest BCUT2D eigenvalue weighted by atomic mass is 32.2. The lowest BCUT2D eigenvalue weighted by Gasteiger charge is -2.21. The summed E-state index contributed by atoms with van der Waals surface area (Å²) in [5.41, 5.74) is 1.81. The van der Waals surface area contributed by atoms with Gasteiger partial charge in [0.25, 0.3) is 0 Å². The average Bonchev–Trinajstić information content (AvgIpc) is 3.67. The van der Waals surface area contributed by atoms with E-state index in [1.165, 1.54) is 49.8 Å². The van der Waals surface area contributed by atoms with E-state index in [-0.39, 0.29) is 17.4 Å². The number of aromatic nitrogens is 2. The highest BCUT2D eigenvalue weighted by Crippen LogP contribution is 2.27. The molecule has 0 saturated carbocycles. The molecule has 0 aliphatic carbocycles. The summed E-state index contributed by atoms with van der Waals surface area (Å²) in [5, 5.41) is 2.73. The number of furan rings is 1. The van der Waals surface area contributed by atoms with Gasteiger partial charge < -0.3 is 13.9 Å². The predicted octanol–water partition coefficient (Wildman–Crippen LogP) is 5.12. The summed E-state index contributed by atoms with van der Waals surface area (Å²) in [5.74, 6) is 0.572. The zero-order chi connectivity index (χ0) is 29.7. The Kier molecular flexibility index (Phi) is 8.36. The maximum absolute atomic E-state index is 13.7. The summed E-state index contributed by atoms with van der Waals surface area (Å²) >= 11 is 0. The van der Waals surface area contributed by atoms with E-state index in [0.717, 1.165) is 9.87 Å². The van der Waals surface area contributed by atoms with E-state index < -0.39 is 28.3 Å². The molecule has 0 fully saturated rings. The van der Waals surface area contributed by atoms with Crippen molar-refractivity contribution in [3.63, 3.8) is 0 Å². The number of hydrogen-bond donors (Lipinski definition) is 1. The van der Waals surface area contributed by atoms with Gasteiger partial charge in [0.15, 0.2) is 0 Å². The topological polar surface area (TPSA) is 116 Å². The van der Waals surface area contributed by atoms with Crippen LogP contribution in [-0.4, -0.2) is 48.9 Å². The van der Waals surface area contributed by atoms with E-state index in [9.17, 15) is 17.6 Å². The summed E-state index contributed by atoms with van der Waals surface area (Å²) in [4.78, 5) is 18.0. The smallest absolute Gasteiger partial charge is 0.243 e. The molecule has 3 aromatic carbocycles. The normalized spacial score (nSPS) is 11.4. The minimum absolute atomic E-state index is 0.0164. The SMILES string of the molecule is COc1ccc(-c2cn(-c3ccc(F)cc3)c(NC(=O)CN(Cc3ccco3)S(=O)(=O)c3ccc(OC)cc3)n2)cc1. The van der Waals surface area contributed by atoms with Gasteiger partial charge in [-0.1, -0.05) is 0 Å². The molecule has 1 amide bonds. The number of halogens is 1. The monoisotopic (exact) mass is 590 g/mol. The second-order valence-electron chi connectivity index (χ2n) is 9.10. The molecule has 0 bridgehead atoms. The molecule has 216 valence electrons. The third kappa shape index (κ3) is 6.35. The molecular weight excluding hydrogens is 563 g/mol. The second-order valence-corrected chi connectivity index (χ2v) is 11.0. The molecule has 10 nitrogen and oxygen atoms in total. The average molecular weight is 591 g/mol. The quantitative estimate of drug-likeness (QED) is 0.227. The van der Waals surface area contributed by atoms with Gasteiger partial charge in [-0.2, -0.15) is 4.31 Å². The number of benzene rings is 3. The Labute approximate surface area is 242 Å². The van der Waals surface area contributed by atoms with Crippen molar-refractivity contribution in [2.45, 2.75) is 11.4 Å². The number of rotatable bonds is 11. The van der Waals surface area contributed by atoms with Crippen LogP contribution in [0.25, 0.3) is 16.9 Å². The third-order valence-corrected chi connectivity index (χ3v) is 8.18. The summed E-state index contributed by atoms with van der Waals surface area (Å²) in [6.07, 6.45) is 3.12. The van der Waals surface area contributed by atoms with Gasteiger partial charge in [0.2, 0.25) is 21.9 Å². The predicted molar refractivity (Wildman–Crippen MR) is 153 cm³/mol. The number of nitrogens with zero attached hydrogens (tertiary/aromatic N) is 3. The van der Waals surface area contributed by atoms with Crippen molar-refractivity contribution < 1.29 is 31.5 Å². The van der Waals surface area contributed by atoms with E-state index >= 15 is 0 Å². The molecule has 12 heteroatoms. The van der Waals surface area contributed by atoms with Crippen LogP contribution in [0.1, 0.15) is 5.76 Å². The van der Waals surface area contributed by atoms with Crippen molar-refractivity contribution >= 4 is 21.9 Å². The molecule has 0 aliphatic heterocycles. The van der Waals surface area contributed by atoms with Crippen molar-refractivity contribution in [2.24, 2.45) is 0 Å². The second kappa shape index (κ2) is 12.3. The number of amides is 1. The fourth-order valence-corrected chi connectivity index (χ4v) is 5.55.